The Morgan fingerprint density at radius 2 is 1.95 bits per heavy atom. The molecule has 1 N–H and O–H groups in total. The third-order valence-corrected chi connectivity index (χ3v) is 2.78. The van der Waals surface area contributed by atoms with Crippen molar-refractivity contribution in [1.82, 2.24) is 0 Å². The van der Waals surface area contributed by atoms with Crippen LogP contribution in [0.25, 0.3) is 0 Å². The molecule has 0 radical (unpaired) electrons. The zero-order valence-electron chi connectivity index (χ0n) is 11.2. The van der Waals surface area contributed by atoms with E-state index in [-0.39, 0.29) is 12.2 Å². The van der Waals surface area contributed by atoms with Gasteiger partial charge < -0.3 is 10.1 Å². The van der Waals surface area contributed by atoms with Crippen LogP contribution in [-0.4, -0.2) is 24.2 Å². The average Bonchev–Trinajstić information content (AvgIpc) is 2.35. The molecule has 0 spiro atoms. The summed E-state index contributed by atoms with van der Waals surface area (Å²) in [5.74, 6) is 0. The van der Waals surface area contributed by atoms with Crippen LogP contribution in [0, 0.1) is 10.1 Å². The third-order valence-electron chi connectivity index (χ3n) is 2.78. The van der Waals surface area contributed by atoms with Crippen LogP contribution in [0.3, 0.4) is 0 Å². The molecule has 0 saturated heterocycles. The minimum atomic E-state index is -4.62. The number of alkyl halides is 3. The molecule has 0 heterocycles. The SMILES string of the molecule is COC(C)(C)CNc1ccc(C(F)(F)F)cc1[N+](=O)[O-]. The Morgan fingerprint density at radius 3 is 2.40 bits per heavy atom. The van der Waals surface area contributed by atoms with E-state index in [1.165, 1.54) is 7.11 Å². The molecular weight excluding hydrogens is 277 g/mol. The van der Waals surface area contributed by atoms with E-state index >= 15 is 0 Å². The molecule has 1 aromatic rings. The number of nitrogens with zero attached hydrogens (tertiary/aromatic N) is 1. The molecule has 0 unspecified atom stereocenters. The minimum absolute atomic E-state index is 0.0214. The Morgan fingerprint density at radius 1 is 1.35 bits per heavy atom. The largest absolute Gasteiger partial charge is 0.416 e. The molecule has 0 fully saturated rings. The first-order valence-corrected chi connectivity index (χ1v) is 5.71. The average molecular weight is 292 g/mol. The van der Waals surface area contributed by atoms with E-state index in [0.717, 1.165) is 12.1 Å². The molecule has 0 aliphatic carbocycles. The van der Waals surface area contributed by atoms with E-state index in [4.69, 9.17) is 4.74 Å². The van der Waals surface area contributed by atoms with Crippen molar-refractivity contribution in [2.24, 2.45) is 0 Å². The van der Waals surface area contributed by atoms with Gasteiger partial charge in [-0.2, -0.15) is 13.2 Å². The predicted molar refractivity (Wildman–Crippen MR) is 67.7 cm³/mol. The fourth-order valence-electron chi connectivity index (χ4n) is 1.39. The smallest absolute Gasteiger partial charge is 0.377 e. The van der Waals surface area contributed by atoms with Gasteiger partial charge in [0.05, 0.1) is 16.1 Å². The zero-order valence-corrected chi connectivity index (χ0v) is 11.2. The molecule has 1 rings (SSSR count). The maximum absolute atomic E-state index is 12.5. The Hall–Kier alpha value is -1.83. The highest BCUT2D eigenvalue weighted by molar-refractivity contribution is 5.63. The van der Waals surface area contributed by atoms with Crippen molar-refractivity contribution in [2.75, 3.05) is 19.0 Å². The van der Waals surface area contributed by atoms with Gasteiger partial charge in [-0.15, -0.1) is 0 Å². The number of halogens is 3. The second-order valence-corrected chi connectivity index (χ2v) is 4.80. The first-order chi connectivity index (χ1) is 9.07. The summed E-state index contributed by atoms with van der Waals surface area (Å²) in [4.78, 5) is 10.0. The predicted octanol–water partition coefficient (Wildman–Crippen LogP) is 3.45. The maximum Gasteiger partial charge on any atom is 0.416 e. The van der Waals surface area contributed by atoms with E-state index < -0.39 is 28.0 Å². The van der Waals surface area contributed by atoms with Gasteiger partial charge in [-0.3, -0.25) is 10.1 Å². The van der Waals surface area contributed by atoms with Crippen LogP contribution in [0.15, 0.2) is 18.2 Å². The van der Waals surface area contributed by atoms with Crippen LogP contribution in [-0.2, 0) is 10.9 Å². The molecule has 0 saturated carbocycles. The Labute approximate surface area is 113 Å². The second kappa shape index (κ2) is 5.66. The quantitative estimate of drug-likeness (QED) is 0.667. The van der Waals surface area contributed by atoms with Gasteiger partial charge in [0.25, 0.3) is 5.69 Å². The molecule has 8 heteroatoms. The number of anilines is 1. The van der Waals surface area contributed by atoms with Crippen LogP contribution >= 0.6 is 0 Å². The minimum Gasteiger partial charge on any atom is -0.377 e. The molecule has 1 aromatic carbocycles. The van der Waals surface area contributed by atoms with Crippen LogP contribution in [0.4, 0.5) is 24.5 Å². The lowest BCUT2D eigenvalue weighted by atomic mass is 10.1. The van der Waals surface area contributed by atoms with Crippen molar-refractivity contribution in [2.45, 2.75) is 25.6 Å². The summed E-state index contributed by atoms with van der Waals surface area (Å²) in [7, 11) is 1.48. The fourth-order valence-corrected chi connectivity index (χ4v) is 1.39. The standard InChI is InChI=1S/C12H15F3N2O3/c1-11(2,20-3)7-16-9-5-4-8(12(13,14)15)6-10(9)17(18)19/h4-6,16H,7H2,1-3H3. The van der Waals surface area contributed by atoms with E-state index in [0.29, 0.717) is 6.07 Å². The number of hydrogen-bond acceptors (Lipinski definition) is 4. The monoisotopic (exact) mass is 292 g/mol. The van der Waals surface area contributed by atoms with Gasteiger partial charge in [0.15, 0.2) is 0 Å². The lowest BCUT2D eigenvalue weighted by Crippen LogP contribution is -2.32. The van der Waals surface area contributed by atoms with Crippen molar-refractivity contribution >= 4 is 11.4 Å². The number of rotatable bonds is 5. The zero-order chi connectivity index (χ0) is 15.6. The highest BCUT2D eigenvalue weighted by Gasteiger charge is 2.33. The van der Waals surface area contributed by atoms with Gasteiger partial charge in [0.2, 0.25) is 0 Å². The first-order valence-electron chi connectivity index (χ1n) is 5.71. The number of methoxy groups -OCH3 is 1. The summed E-state index contributed by atoms with van der Waals surface area (Å²) in [6, 6.07) is 2.37. The third kappa shape index (κ3) is 4.09. The molecule has 0 aliphatic heterocycles. The van der Waals surface area contributed by atoms with Crippen LogP contribution in [0.1, 0.15) is 19.4 Å². The summed E-state index contributed by atoms with van der Waals surface area (Å²) < 4.78 is 42.7. The first kappa shape index (κ1) is 16.2. The van der Waals surface area contributed by atoms with Crippen LogP contribution < -0.4 is 5.32 Å². The Kier molecular flexibility index (Phi) is 4.59. The highest BCUT2D eigenvalue weighted by atomic mass is 19.4. The number of nitro benzene ring substituents is 1. The van der Waals surface area contributed by atoms with Crippen molar-refractivity contribution in [3.63, 3.8) is 0 Å². The van der Waals surface area contributed by atoms with Crippen LogP contribution in [0.5, 0.6) is 0 Å². The molecule has 5 nitrogen and oxygen atoms in total. The second-order valence-electron chi connectivity index (χ2n) is 4.80. The Bertz CT molecular complexity index is 501. The molecule has 0 bridgehead atoms. The van der Waals surface area contributed by atoms with E-state index in [9.17, 15) is 23.3 Å². The summed E-state index contributed by atoms with van der Waals surface area (Å²) in [6.07, 6.45) is -4.62. The van der Waals surface area contributed by atoms with Gasteiger partial charge in [-0.05, 0) is 26.0 Å². The fraction of sp³-hybridized carbons (Fsp3) is 0.500. The number of benzene rings is 1. The maximum atomic E-state index is 12.5. The summed E-state index contributed by atoms with van der Waals surface area (Å²) in [6.45, 7) is 3.71. The van der Waals surface area contributed by atoms with Gasteiger partial charge in [-0.25, -0.2) is 0 Å². The summed E-state index contributed by atoms with van der Waals surface area (Å²) >= 11 is 0. The van der Waals surface area contributed by atoms with Crippen LogP contribution in [0.2, 0.25) is 0 Å². The molecule has 20 heavy (non-hydrogen) atoms. The van der Waals surface area contributed by atoms with E-state index in [1.54, 1.807) is 13.8 Å². The van der Waals surface area contributed by atoms with Crippen molar-refractivity contribution in [1.29, 1.82) is 0 Å². The lowest BCUT2D eigenvalue weighted by Gasteiger charge is -2.23. The van der Waals surface area contributed by atoms with Gasteiger partial charge in [0, 0.05) is 19.7 Å². The van der Waals surface area contributed by atoms with Gasteiger partial charge in [0.1, 0.15) is 5.69 Å². The lowest BCUT2D eigenvalue weighted by molar-refractivity contribution is -0.384. The Balaban J connectivity index is 3.06. The molecule has 112 valence electrons. The summed E-state index contributed by atoms with van der Waals surface area (Å²) in [5, 5.41) is 13.6. The topological polar surface area (TPSA) is 64.4 Å². The van der Waals surface area contributed by atoms with Gasteiger partial charge in [-0.1, -0.05) is 0 Å². The number of nitro groups is 1. The van der Waals surface area contributed by atoms with Gasteiger partial charge >= 0.3 is 6.18 Å². The summed E-state index contributed by atoms with van der Waals surface area (Å²) in [5.41, 5.74) is -2.25. The molecular formula is C12H15F3N2O3. The number of nitrogens with one attached hydrogen (secondary N) is 1. The van der Waals surface area contributed by atoms with E-state index in [2.05, 4.69) is 5.32 Å². The molecule has 0 atom stereocenters. The van der Waals surface area contributed by atoms with Crippen molar-refractivity contribution < 1.29 is 22.8 Å². The molecule has 0 aromatic heterocycles. The molecule has 0 amide bonds. The van der Waals surface area contributed by atoms with Crippen molar-refractivity contribution in [3.05, 3.63) is 33.9 Å². The normalized spacial score (nSPS) is 12.3. The number of ether oxygens (including phenoxy) is 1. The highest BCUT2D eigenvalue weighted by Crippen LogP contribution is 2.35. The van der Waals surface area contributed by atoms with Crippen molar-refractivity contribution in [3.8, 4) is 0 Å². The molecule has 0 aliphatic rings. The van der Waals surface area contributed by atoms with E-state index in [1.807, 2.05) is 0 Å². The number of hydrogen-bond donors (Lipinski definition) is 1.